The van der Waals surface area contributed by atoms with E-state index in [9.17, 15) is 4.79 Å². The fourth-order valence-corrected chi connectivity index (χ4v) is 4.11. The van der Waals surface area contributed by atoms with Crippen molar-refractivity contribution in [2.24, 2.45) is 0 Å². The lowest BCUT2D eigenvalue weighted by atomic mass is 10.2. The fourth-order valence-electron chi connectivity index (χ4n) is 3.11. The molecule has 0 bridgehead atoms. The first kappa shape index (κ1) is 14.0. The number of para-hydroxylation sites is 1. The van der Waals surface area contributed by atoms with Gasteiger partial charge in [-0.15, -0.1) is 0 Å². The van der Waals surface area contributed by atoms with Gasteiger partial charge in [0.05, 0.1) is 23.4 Å². The zero-order valence-corrected chi connectivity index (χ0v) is 13.2. The van der Waals surface area contributed by atoms with Crippen molar-refractivity contribution in [3.05, 3.63) is 24.3 Å². The molecular weight excluding hydrogens is 298 g/mol. The van der Waals surface area contributed by atoms with Gasteiger partial charge < -0.3 is 14.5 Å². The maximum atomic E-state index is 12.5. The van der Waals surface area contributed by atoms with E-state index >= 15 is 0 Å². The van der Waals surface area contributed by atoms with Crippen molar-refractivity contribution in [2.75, 3.05) is 37.7 Å². The van der Waals surface area contributed by atoms with Crippen molar-refractivity contribution in [3.8, 4) is 0 Å². The average molecular weight is 317 g/mol. The SMILES string of the molecule is O=C(C1CN(c2nc3ccccc3s2)CCO1)N1CCCC1. The van der Waals surface area contributed by atoms with Crippen molar-refractivity contribution < 1.29 is 9.53 Å². The normalized spacial score (nSPS) is 22.5. The maximum absolute atomic E-state index is 12.5. The summed E-state index contributed by atoms with van der Waals surface area (Å²) in [6.45, 7) is 3.73. The lowest BCUT2D eigenvalue weighted by molar-refractivity contribution is -0.143. The number of aromatic nitrogens is 1. The molecule has 0 spiro atoms. The van der Waals surface area contributed by atoms with Gasteiger partial charge in [0.25, 0.3) is 5.91 Å². The molecule has 22 heavy (non-hydrogen) atoms. The summed E-state index contributed by atoms with van der Waals surface area (Å²) in [6, 6.07) is 8.15. The number of ether oxygens (including phenoxy) is 1. The molecule has 2 aliphatic heterocycles. The van der Waals surface area contributed by atoms with Gasteiger partial charge in [-0.3, -0.25) is 4.79 Å². The monoisotopic (exact) mass is 317 g/mol. The van der Waals surface area contributed by atoms with Crippen molar-refractivity contribution in [1.29, 1.82) is 0 Å². The predicted octanol–water partition coefficient (Wildman–Crippen LogP) is 2.12. The number of hydrogen-bond acceptors (Lipinski definition) is 5. The minimum Gasteiger partial charge on any atom is -0.365 e. The van der Waals surface area contributed by atoms with E-state index in [4.69, 9.17) is 9.72 Å². The van der Waals surface area contributed by atoms with Crippen LogP contribution in [0, 0.1) is 0 Å². The van der Waals surface area contributed by atoms with Crippen molar-refractivity contribution in [3.63, 3.8) is 0 Å². The molecule has 1 aromatic heterocycles. The van der Waals surface area contributed by atoms with E-state index in [0.717, 1.165) is 43.1 Å². The van der Waals surface area contributed by atoms with Crippen LogP contribution in [-0.2, 0) is 9.53 Å². The summed E-state index contributed by atoms with van der Waals surface area (Å²) in [5, 5.41) is 0.990. The van der Waals surface area contributed by atoms with E-state index in [1.165, 1.54) is 4.70 Å². The van der Waals surface area contributed by atoms with Gasteiger partial charge in [-0.05, 0) is 25.0 Å². The van der Waals surface area contributed by atoms with Crippen LogP contribution in [0.2, 0.25) is 0 Å². The van der Waals surface area contributed by atoms with Crippen molar-refractivity contribution >= 4 is 32.6 Å². The number of anilines is 1. The Kier molecular flexibility index (Phi) is 3.72. The van der Waals surface area contributed by atoms with Crippen LogP contribution in [0.1, 0.15) is 12.8 Å². The number of benzene rings is 1. The van der Waals surface area contributed by atoms with E-state index in [1.807, 2.05) is 23.1 Å². The van der Waals surface area contributed by atoms with Gasteiger partial charge in [0.15, 0.2) is 11.2 Å². The molecule has 0 N–H and O–H groups in total. The molecule has 5 nitrogen and oxygen atoms in total. The molecule has 1 aromatic carbocycles. The molecule has 1 atom stereocenters. The number of thiazole rings is 1. The minimum absolute atomic E-state index is 0.142. The lowest BCUT2D eigenvalue weighted by Crippen LogP contribution is -2.50. The molecule has 3 heterocycles. The predicted molar refractivity (Wildman–Crippen MR) is 87.4 cm³/mol. The first-order valence-corrected chi connectivity index (χ1v) is 8.64. The Hall–Kier alpha value is -1.66. The highest BCUT2D eigenvalue weighted by Crippen LogP contribution is 2.29. The van der Waals surface area contributed by atoms with E-state index < -0.39 is 0 Å². The first-order chi connectivity index (χ1) is 10.8. The molecule has 2 saturated heterocycles. The number of fused-ring (bicyclic) bond motifs is 1. The highest BCUT2D eigenvalue weighted by Gasteiger charge is 2.32. The Labute approximate surface area is 133 Å². The summed E-state index contributed by atoms with van der Waals surface area (Å²) in [5.74, 6) is 0.142. The third-order valence-electron chi connectivity index (χ3n) is 4.31. The van der Waals surface area contributed by atoms with Gasteiger partial charge in [-0.1, -0.05) is 23.5 Å². The lowest BCUT2D eigenvalue weighted by Gasteiger charge is -2.33. The molecule has 0 radical (unpaired) electrons. The summed E-state index contributed by atoms with van der Waals surface area (Å²) < 4.78 is 6.91. The number of hydrogen-bond donors (Lipinski definition) is 0. The summed E-state index contributed by atoms with van der Waals surface area (Å²) in [5.41, 5.74) is 1.02. The summed E-state index contributed by atoms with van der Waals surface area (Å²) in [4.78, 5) is 21.3. The van der Waals surface area contributed by atoms with Gasteiger partial charge in [0.2, 0.25) is 0 Å². The number of nitrogens with zero attached hydrogens (tertiary/aromatic N) is 3. The molecule has 1 amide bonds. The van der Waals surface area contributed by atoms with Crippen LogP contribution >= 0.6 is 11.3 Å². The van der Waals surface area contributed by atoms with E-state index in [-0.39, 0.29) is 12.0 Å². The molecule has 2 fully saturated rings. The Bertz CT molecular complexity index is 648. The third kappa shape index (κ3) is 2.57. The van der Waals surface area contributed by atoms with Crippen molar-refractivity contribution in [2.45, 2.75) is 18.9 Å². The Morgan fingerprint density at radius 2 is 2.05 bits per heavy atom. The smallest absolute Gasteiger partial charge is 0.253 e. The molecule has 0 aliphatic carbocycles. The number of amides is 1. The average Bonchev–Trinajstić information content (AvgIpc) is 3.23. The highest BCUT2D eigenvalue weighted by molar-refractivity contribution is 7.22. The van der Waals surface area contributed by atoms with Gasteiger partial charge in [-0.25, -0.2) is 4.98 Å². The Morgan fingerprint density at radius 1 is 1.23 bits per heavy atom. The first-order valence-electron chi connectivity index (χ1n) is 7.82. The van der Waals surface area contributed by atoms with Crippen LogP contribution in [0.25, 0.3) is 10.2 Å². The van der Waals surface area contributed by atoms with E-state index in [1.54, 1.807) is 11.3 Å². The quantitative estimate of drug-likeness (QED) is 0.851. The van der Waals surface area contributed by atoms with Gasteiger partial charge in [-0.2, -0.15) is 0 Å². The number of rotatable bonds is 2. The largest absolute Gasteiger partial charge is 0.365 e. The number of likely N-dealkylation sites (tertiary alicyclic amines) is 1. The second kappa shape index (κ2) is 5.85. The molecule has 2 aromatic rings. The van der Waals surface area contributed by atoms with Crippen LogP contribution in [0.3, 0.4) is 0 Å². The summed E-state index contributed by atoms with van der Waals surface area (Å²) in [6.07, 6.45) is 1.87. The molecule has 0 saturated carbocycles. The molecule has 4 rings (SSSR count). The fraction of sp³-hybridized carbons (Fsp3) is 0.500. The molecule has 2 aliphatic rings. The number of carbonyl (C=O) groups excluding carboxylic acids is 1. The van der Waals surface area contributed by atoms with Gasteiger partial charge in [0.1, 0.15) is 0 Å². The molecular formula is C16H19N3O2S. The second-order valence-electron chi connectivity index (χ2n) is 5.80. The van der Waals surface area contributed by atoms with Gasteiger partial charge >= 0.3 is 0 Å². The zero-order chi connectivity index (χ0) is 14.9. The molecule has 1 unspecified atom stereocenters. The second-order valence-corrected chi connectivity index (χ2v) is 6.81. The van der Waals surface area contributed by atoms with Crippen LogP contribution in [0.4, 0.5) is 5.13 Å². The van der Waals surface area contributed by atoms with Gasteiger partial charge in [0, 0.05) is 19.6 Å². The minimum atomic E-state index is -0.348. The molecule has 116 valence electrons. The summed E-state index contributed by atoms with van der Waals surface area (Å²) >= 11 is 1.68. The van der Waals surface area contributed by atoms with Crippen LogP contribution in [0.15, 0.2) is 24.3 Å². The Balaban J connectivity index is 1.51. The van der Waals surface area contributed by atoms with E-state index in [0.29, 0.717) is 13.2 Å². The maximum Gasteiger partial charge on any atom is 0.253 e. The topological polar surface area (TPSA) is 45.7 Å². The van der Waals surface area contributed by atoms with Crippen LogP contribution in [0.5, 0.6) is 0 Å². The summed E-state index contributed by atoms with van der Waals surface area (Å²) in [7, 11) is 0. The number of carbonyl (C=O) groups is 1. The van der Waals surface area contributed by atoms with Crippen LogP contribution in [-0.4, -0.2) is 54.7 Å². The zero-order valence-electron chi connectivity index (χ0n) is 12.4. The van der Waals surface area contributed by atoms with Crippen molar-refractivity contribution in [1.82, 2.24) is 9.88 Å². The third-order valence-corrected chi connectivity index (χ3v) is 5.41. The highest BCUT2D eigenvalue weighted by atomic mass is 32.1. The number of morpholine rings is 1. The standard InChI is InChI=1S/C16H19N3O2S/c20-15(18-7-3-4-8-18)13-11-19(9-10-21-13)16-17-12-5-1-2-6-14(12)22-16/h1-2,5-6,13H,3-4,7-11H2. The Morgan fingerprint density at radius 3 is 2.86 bits per heavy atom. The van der Waals surface area contributed by atoms with E-state index in [2.05, 4.69) is 11.0 Å². The van der Waals surface area contributed by atoms with Crippen LogP contribution < -0.4 is 4.90 Å². The molecule has 6 heteroatoms.